The second kappa shape index (κ2) is 6.36. The highest BCUT2D eigenvalue weighted by molar-refractivity contribution is 5.94. The van der Waals surface area contributed by atoms with Crippen molar-refractivity contribution in [2.24, 2.45) is 0 Å². The van der Waals surface area contributed by atoms with Crippen LogP contribution in [0, 0.1) is 5.82 Å². The van der Waals surface area contributed by atoms with E-state index in [2.05, 4.69) is 5.32 Å². The van der Waals surface area contributed by atoms with Crippen LogP contribution in [0.4, 0.5) is 9.18 Å². The van der Waals surface area contributed by atoms with Gasteiger partial charge in [-0.1, -0.05) is 0 Å². The van der Waals surface area contributed by atoms with Gasteiger partial charge in [0.15, 0.2) is 0 Å². The molecule has 0 aromatic heterocycles. The number of piperazine rings is 1. The molecule has 1 aromatic carbocycles. The van der Waals surface area contributed by atoms with Crippen LogP contribution in [0.15, 0.2) is 24.3 Å². The van der Waals surface area contributed by atoms with Gasteiger partial charge in [0.2, 0.25) is 0 Å². The van der Waals surface area contributed by atoms with Gasteiger partial charge in [0.1, 0.15) is 5.82 Å². The smallest absolute Gasteiger partial charge is 0.317 e. The summed E-state index contributed by atoms with van der Waals surface area (Å²) in [4.78, 5) is 27.2. The van der Waals surface area contributed by atoms with Crippen molar-refractivity contribution in [3.63, 3.8) is 0 Å². The average molecular weight is 279 g/mol. The van der Waals surface area contributed by atoms with Crippen molar-refractivity contribution in [1.29, 1.82) is 0 Å². The molecule has 1 heterocycles. The molecule has 0 atom stereocenters. The Morgan fingerprint density at radius 2 is 1.65 bits per heavy atom. The van der Waals surface area contributed by atoms with E-state index in [1.54, 1.807) is 9.80 Å². The van der Waals surface area contributed by atoms with Gasteiger partial charge in [-0.2, -0.15) is 0 Å². The topological polar surface area (TPSA) is 52.7 Å². The van der Waals surface area contributed by atoms with E-state index in [1.165, 1.54) is 24.3 Å². The van der Waals surface area contributed by atoms with Crippen LogP contribution in [-0.4, -0.2) is 54.5 Å². The zero-order chi connectivity index (χ0) is 14.5. The van der Waals surface area contributed by atoms with Gasteiger partial charge in [-0.15, -0.1) is 0 Å². The average Bonchev–Trinajstić information content (AvgIpc) is 2.48. The van der Waals surface area contributed by atoms with Crippen molar-refractivity contribution in [2.75, 3.05) is 32.7 Å². The molecule has 1 aliphatic rings. The van der Waals surface area contributed by atoms with Crippen LogP contribution in [-0.2, 0) is 0 Å². The molecule has 1 saturated heterocycles. The van der Waals surface area contributed by atoms with Crippen LogP contribution in [0.25, 0.3) is 0 Å². The molecule has 0 spiro atoms. The van der Waals surface area contributed by atoms with E-state index in [0.717, 1.165) is 0 Å². The third-order valence-electron chi connectivity index (χ3n) is 3.27. The quantitative estimate of drug-likeness (QED) is 0.887. The molecular weight excluding hydrogens is 261 g/mol. The predicted molar refractivity (Wildman–Crippen MR) is 72.9 cm³/mol. The number of hydrogen-bond donors (Lipinski definition) is 1. The van der Waals surface area contributed by atoms with Crippen LogP contribution in [0.5, 0.6) is 0 Å². The van der Waals surface area contributed by atoms with Crippen molar-refractivity contribution in [1.82, 2.24) is 15.1 Å². The SMILES string of the molecule is CCNC(=O)N1CCN(C(=O)c2ccc(F)cc2)CC1. The van der Waals surface area contributed by atoms with Gasteiger partial charge in [-0.3, -0.25) is 4.79 Å². The van der Waals surface area contributed by atoms with E-state index >= 15 is 0 Å². The van der Waals surface area contributed by atoms with Crippen LogP contribution >= 0.6 is 0 Å². The van der Waals surface area contributed by atoms with E-state index in [4.69, 9.17) is 0 Å². The number of nitrogens with zero attached hydrogens (tertiary/aromatic N) is 2. The fraction of sp³-hybridized carbons (Fsp3) is 0.429. The lowest BCUT2D eigenvalue weighted by molar-refractivity contribution is 0.0665. The Kier molecular flexibility index (Phi) is 4.55. The maximum Gasteiger partial charge on any atom is 0.317 e. The Morgan fingerprint density at radius 1 is 1.10 bits per heavy atom. The monoisotopic (exact) mass is 279 g/mol. The molecule has 5 nitrogen and oxygen atoms in total. The first kappa shape index (κ1) is 14.3. The third kappa shape index (κ3) is 3.26. The summed E-state index contributed by atoms with van der Waals surface area (Å²) in [6.45, 7) is 4.47. The second-order valence-electron chi connectivity index (χ2n) is 4.62. The molecule has 1 fully saturated rings. The van der Waals surface area contributed by atoms with Gasteiger partial charge in [0.25, 0.3) is 5.91 Å². The zero-order valence-corrected chi connectivity index (χ0v) is 11.4. The first-order chi connectivity index (χ1) is 9.61. The van der Waals surface area contributed by atoms with E-state index in [9.17, 15) is 14.0 Å². The van der Waals surface area contributed by atoms with Gasteiger partial charge in [-0.05, 0) is 31.2 Å². The Hall–Kier alpha value is -2.11. The lowest BCUT2D eigenvalue weighted by Crippen LogP contribution is -2.53. The minimum atomic E-state index is -0.359. The Labute approximate surface area is 117 Å². The first-order valence-corrected chi connectivity index (χ1v) is 6.69. The van der Waals surface area contributed by atoms with E-state index < -0.39 is 0 Å². The van der Waals surface area contributed by atoms with E-state index in [0.29, 0.717) is 38.3 Å². The van der Waals surface area contributed by atoms with Crippen LogP contribution in [0.1, 0.15) is 17.3 Å². The minimum absolute atomic E-state index is 0.0959. The van der Waals surface area contributed by atoms with Crippen molar-refractivity contribution < 1.29 is 14.0 Å². The molecule has 0 bridgehead atoms. The third-order valence-corrected chi connectivity index (χ3v) is 3.27. The molecule has 3 amide bonds. The molecule has 1 N–H and O–H groups in total. The number of halogens is 1. The van der Waals surface area contributed by atoms with Crippen molar-refractivity contribution in [3.8, 4) is 0 Å². The number of urea groups is 1. The van der Waals surface area contributed by atoms with Gasteiger partial charge < -0.3 is 15.1 Å². The summed E-state index contributed by atoms with van der Waals surface area (Å²) in [7, 11) is 0. The highest BCUT2D eigenvalue weighted by Crippen LogP contribution is 2.10. The molecule has 0 saturated carbocycles. The number of benzene rings is 1. The normalized spacial score (nSPS) is 15.1. The molecule has 1 aliphatic heterocycles. The van der Waals surface area contributed by atoms with Gasteiger partial charge in [0.05, 0.1) is 0 Å². The Morgan fingerprint density at radius 3 is 2.20 bits per heavy atom. The van der Waals surface area contributed by atoms with Crippen LogP contribution in [0.3, 0.4) is 0 Å². The summed E-state index contributed by atoms with van der Waals surface area (Å²) < 4.78 is 12.8. The predicted octanol–water partition coefficient (Wildman–Crippen LogP) is 1.31. The molecule has 0 radical (unpaired) electrons. The van der Waals surface area contributed by atoms with Crippen molar-refractivity contribution >= 4 is 11.9 Å². The molecule has 1 aromatic rings. The number of rotatable bonds is 2. The fourth-order valence-electron chi connectivity index (χ4n) is 2.15. The molecule has 2 rings (SSSR count). The molecule has 0 unspecified atom stereocenters. The highest BCUT2D eigenvalue weighted by Gasteiger charge is 2.24. The molecule has 108 valence electrons. The summed E-state index contributed by atoms with van der Waals surface area (Å²) in [5.74, 6) is -0.483. The van der Waals surface area contributed by atoms with Crippen molar-refractivity contribution in [2.45, 2.75) is 6.92 Å². The standard InChI is InChI=1S/C14H18FN3O2/c1-2-16-14(20)18-9-7-17(8-10-18)13(19)11-3-5-12(15)6-4-11/h3-6H,2,7-10H2,1H3,(H,16,20). The van der Waals surface area contributed by atoms with Gasteiger partial charge in [0, 0.05) is 38.3 Å². The van der Waals surface area contributed by atoms with Gasteiger partial charge >= 0.3 is 6.03 Å². The largest absolute Gasteiger partial charge is 0.338 e. The maximum absolute atomic E-state index is 12.8. The lowest BCUT2D eigenvalue weighted by Gasteiger charge is -2.34. The van der Waals surface area contributed by atoms with E-state index in [1.807, 2.05) is 6.92 Å². The van der Waals surface area contributed by atoms with Crippen LogP contribution < -0.4 is 5.32 Å². The fourth-order valence-corrected chi connectivity index (χ4v) is 2.15. The Bertz CT molecular complexity index is 482. The number of carbonyl (C=O) groups is 2. The van der Waals surface area contributed by atoms with Gasteiger partial charge in [-0.25, -0.2) is 9.18 Å². The molecule has 6 heteroatoms. The lowest BCUT2D eigenvalue weighted by atomic mass is 10.2. The summed E-state index contributed by atoms with van der Waals surface area (Å²) >= 11 is 0. The highest BCUT2D eigenvalue weighted by atomic mass is 19.1. The minimum Gasteiger partial charge on any atom is -0.338 e. The van der Waals surface area contributed by atoms with Crippen LogP contribution in [0.2, 0.25) is 0 Å². The second-order valence-corrected chi connectivity index (χ2v) is 4.62. The molecule has 0 aliphatic carbocycles. The number of carbonyl (C=O) groups excluding carboxylic acids is 2. The maximum atomic E-state index is 12.8. The summed E-state index contributed by atoms with van der Waals surface area (Å²) in [6, 6.07) is 5.42. The summed E-state index contributed by atoms with van der Waals surface area (Å²) in [6.07, 6.45) is 0. The molecular formula is C14H18FN3O2. The Balaban J connectivity index is 1.92. The van der Waals surface area contributed by atoms with Crippen molar-refractivity contribution in [3.05, 3.63) is 35.6 Å². The molecule has 20 heavy (non-hydrogen) atoms. The summed E-state index contributed by atoms with van der Waals surface area (Å²) in [5, 5.41) is 2.74. The summed E-state index contributed by atoms with van der Waals surface area (Å²) in [5.41, 5.74) is 0.470. The first-order valence-electron chi connectivity index (χ1n) is 6.69. The number of nitrogens with one attached hydrogen (secondary N) is 1. The van der Waals surface area contributed by atoms with E-state index in [-0.39, 0.29) is 17.8 Å². The number of amides is 3. The number of hydrogen-bond acceptors (Lipinski definition) is 2. The zero-order valence-electron chi connectivity index (χ0n) is 11.4.